The average Bonchev–Trinajstić information content (AvgIpc) is 3.20. The normalized spacial score (nSPS) is 17.0. The van der Waals surface area contributed by atoms with Crippen LogP contribution in [0.1, 0.15) is 21.7 Å². The van der Waals surface area contributed by atoms with E-state index < -0.39 is 16.6 Å². The zero-order chi connectivity index (χ0) is 23.9. The van der Waals surface area contributed by atoms with E-state index in [9.17, 15) is 19.0 Å². The molecule has 0 aliphatic carbocycles. The topological polar surface area (TPSA) is 110 Å². The number of hydrogen-bond acceptors (Lipinski definition) is 5. The van der Waals surface area contributed by atoms with Crippen LogP contribution >= 0.6 is 10.6 Å². The number of hydrogen-bond donors (Lipinski definition) is 4. The summed E-state index contributed by atoms with van der Waals surface area (Å²) in [5.74, 6) is 0.549. The Kier molecular flexibility index (Phi) is 5.91. The van der Waals surface area contributed by atoms with Crippen LogP contribution < -0.4 is 0 Å². The minimum absolute atomic E-state index is 0.185. The summed E-state index contributed by atoms with van der Waals surface area (Å²) in [5.41, 5.74) is 6.52. The average molecular weight is 478 g/mol. The summed E-state index contributed by atoms with van der Waals surface area (Å²) in [6, 6.07) is 20.0. The van der Waals surface area contributed by atoms with E-state index in [0.29, 0.717) is 41.5 Å². The smallest absolute Gasteiger partial charge is 0.337 e. The fourth-order valence-electron chi connectivity index (χ4n) is 4.52. The molecule has 176 valence electrons. The monoisotopic (exact) mass is 477 g/mol. The molecule has 0 atom stereocenters. The second kappa shape index (κ2) is 8.88. The molecule has 0 radical (unpaired) electrons. The quantitative estimate of drug-likeness (QED) is 0.303. The van der Waals surface area contributed by atoms with Gasteiger partial charge in [0.15, 0.2) is 0 Å². The SMILES string of the molecule is Cc1nc2c(C(=O)O)cc(-c3ccc(-c4ccccc4CN4CCS(O)(O)CC4)cc3)cc2[nH]1. The van der Waals surface area contributed by atoms with E-state index in [0.717, 1.165) is 28.8 Å². The van der Waals surface area contributed by atoms with Crippen LogP contribution in [0.15, 0.2) is 60.7 Å². The fourth-order valence-corrected chi connectivity index (χ4v) is 5.82. The predicted molar refractivity (Wildman–Crippen MR) is 137 cm³/mol. The molecule has 34 heavy (non-hydrogen) atoms. The van der Waals surface area contributed by atoms with Gasteiger partial charge >= 0.3 is 5.97 Å². The Morgan fingerprint density at radius 2 is 1.68 bits per heavy atom. The van der Waals surface area contributed by atoms with Crippen molar-refractivity contribution >= 4 is 27.6 Å². The molecule has 1 fully saturated rings. The van der Waals surface area contributed by atoms with Gasteiger partial charge < -0.3 is 10.1 Å². The first-order valence-electron chi connectivity index (χ1n) is 11.2. The van der Waals surface area contributed by atoms with Gasteiger partial charge in [-0.1, -0.05) is 48.5 Å². The first kappa shape index (κ1) is 22.6. The van der Waals surface area contributed by atoms with E-state index in [4.69, 9.17) is 0 Å². The van der Waals surface area contributed by atoms with E-state index in [1.54, 1.807) is 6.07 Å². The molecule has 2 heterocycles. The Morgan fingerprint density at radius 1 is 1.00 bits per heavy atom. The molecule has 0 unspecified atom stereocenters. The van der Waals surface area contributed by atoms with Crippen LogP contribution in [-0.4, -0.2) is 59.6 Å². The number of aromatic amines is 1. The number of nitrogens with zero attached hydrogens (tertiary/aromatic N) is 2. The molecule has 0 saturated carbocycles. The molecule has 1 aliphatic heterocycles. The molecular formula is C26H27N3O4S. The highest BCUT2D eigenvalue weighted by Crippen LogP contribution is 2.40. The molecule has 0 spiro atoms. The molecule has 0 bridgehead atoms. The van der Waals surface area contributed by atoms with Gasteiger partial charge in [0.1, 0.15) is 11.3 Å². The maximum Gasteiger partial charge on any atom is 0.337 e. The summed E-state index contributed by atoms with van der Waals surface area (Å²) < 4.78 is 19.8. The van der Waals surface area contributed by atoms with Crippen molar-refractivity contribution in [2.75, 3.05) is 24.6 Å². The van der Waals surface area contributed by atoms with E-state index in [2.05, 4.69) is 39.1 Å². The Balaban J connectivity index is 1.43. The zero-order valence-corrected chi connectivity index (χ0v) is 19.7. The summed E-state index contributed by atoms with van der Waals surface area (Å²) in [7, 11) is -2.41. The number of benzene rings is 3. The Labute approximate surface area is 199 Å². The fraction of sp³-hybridized carbons (Fsp3) is 0.231. The summed E-state index contributed by atoms with van der Waals surface area (Å²) in [6.07, 6.45) is 0. The lowest BCUT2D eigenvalue weighted by atomic mass is 9.96. The highest BCUT2D eigenvalue weighted by atomic mass is 32.3. The molecule has 4 aromatic rings. The second-order valence-electron chi connectivity index (χ2n) is 8.77. The second-order valence-corrected chi connectivity index (χ2v) is 11.2. The van der Waals surface area contributed by atoms with Gasteiger partial charge in [-0.05, 0) is 46.9 Å². The highest BCUT2D eigenvalue weighted by Gasteiger charge is 2.22. The molecular weight excluding hydrogens is 450 g/mol. The van der Waals surface area contributed by atoms with Gasteiger partial charge in [0.05, 0.1) is 22.6 Å². The number of H-pyrrole nitrogens is 1. The van der Waals surface area contributed by atoms with Gasteiger partial charge in [0.2, 0.25) is 0 Å². The number of nitrogens with one attached hydrogen (secondary N) is 1. The van der Waals surface area contributed by atoms with Crippen molar-refractivity contribution in [2.24, 2.45) is 0 Å². The van der Waals surface area contributed by atoms with Crippen molar-refractivity contribution < 1.29 is 19.0 Å². The summed E-state index contributed by atoms with van der Waals surface area (Å²) in [5, 5.41) is 9.67. The number of fused-ring (bicyclic) bond motifs is 1. The van der Waals surface area contributed by atoms with Crippen LogP contribution in [-0.2, 0) is 6.54 Å². The Bertz CT molecular complexity index is 1350. The Hall–Kier alpha value is -3.17. The molecule has 3 aromatic carbocycles. The zero-order valence-electron chi connectivity index (χ0n) is 18.9. The standard InChI is InChI=1S/C26H27N3O4S/c1-17-27-24-15-21(14-23(26(30)31)25(24)28-17)18-6-8-19(9-7-18)22-5-3-2-4-20(22)16-29-10-12-34(32,33)13-11-29/h2-9,14-15,32-33H,10-13,16H2,1H3,(H,27,28)(H,30,31). The largest absolute Gasteiger partial charge is 0.478 e. The minimum atomic E-state index is -2.41. The lowest BCUT2D eigenvalue weighted by molar-refractivity contribution is 0.0699. The molecule has 0 amide bonds. The van der Waals surface area contributed by atoms with E-state index in [1.165, 1.54) is 5.56 Å². The van der Waals surface area contributed by atoms with Crippen molar-refractivity contribution in [3.05, 3.63) is 77.6 Å². The van der Waals surface area contributed by atoms with Gasteiger partial charge in [-0.15, -0.1) is 0 Å². The van der Waals surface area contributed by atoms with E-state index in [1.807, 2.05) is 37.3 Å². The molecule has 1 aromatic heterocycles. The number of rotatable bonds is 5. The van der Waals surface area contributed by atoms with Crippen molar-refractivity contribution in [1.29, 1.82) is 0 Å². The third-order valence-corrected chi connectivity index (χ3v) is 8.02. The lowest BCUT2D eigenvalue weighted by Crippen LogP contribution is -2.37. The van der Waals surface area contributed by atoms with Crippen LogP contribution in [0.2, 0.25) is 0 Å². The number of carboxylic acids is 1. The molecule has 1 saturated heterocycles. The van der Waals surface area contributed by atoms with Crippen LogP contribution in [0, 0.1) is 6.92 Å². The third-order valence-electron chi connectivity index (χ3n) is 6.34. The number of aryl methyl sites for hydroxylation is 1. The third kappa shape index (κ3) is 4.58. The van der Waals surface area contributed by atoms with Crippen LogP contribution in [0.25, 0.3) is 33.3 Å². The molecule has 1 aliphatic rings. The summed E-state index contributed by atoms with van der Waals surface area (Å²) >= 11 is 0. The van der Waals surface area contributed by atoms with Gasteiger partial charge in [0.25, 0.3) is 0 Å². The van der Waals surface area contributed by atoms with Crippen molar-refractivity contribution in [2.45, 2.75) is 13.5 Å². The maximum absolute atomic E-state index is 11.8. The summed E-state index contributed by atoms with van der Waals surface area (Å²) in [6.45, 7) is 3.92. The number of carboxylic acid groups (broad SMARTS) is 1. The maximum atomic E-state index is 11.8. The lowest BCUT2D eigenvalue weighted by Gasteiger charge is -2.41. The van der Waals surface area contributed by atoms with Crippen LogP contribution in [0.4, 0.5) is 0 Å². The number of aromatic carboxylic acids is 1. The van der Waals surface area contributed by atoms with Crippen molar-refractivity contribution in [3.63, 3.8) is 0 Å². The molecule has 5 rings (SSSR count). The van der Waals surface area contributed by atoms with Gasteiger partial charge in [-0.2, -0.15) is 10.6 Å². The number of carbonyl (C=O) groups is 1. The van der Waals surface area contributed by atoms with Crippen molar-refractivity contribution in [1.82, 2.24) is 14.9 Å². The van der Waals surface area contributed by atoms with Crippen LogP contribution in [0.3, 0.4) is 0 Å². The summed E-state index contributed by atoms with van der Waals surface area (Å²) in [4.78, 5) is 21.5. The molecule has 4 N–H and O–H groups in total. The van der Waals surface area contributed by atoms with Crippen LogP contribution in [0.5, 0.6) is 0 Å². The van der Waals surface area contributed by atoms with Crippen molar-refractivity contribution in [3.8, 4) is 22.3 Å². The van der Waals surface area contributed by atoms with E-state index >= 15 is 0 Å². The first-order valence-corrected chi connectivity index (χ1v) is 13.1. The number of aromatic nitrogens is 2. The van der Waals surface area contributed by atoms with Gasteiger partial charge in [0, 0.05) is 19.6 Å². The van der Waals surface area contributed by atoms with Gasteiger partial charge in [-0.3, -0.25) is 14.0 Å². The molecule has 8 heteroatoms. The molecule has 7 nitrogen and oxygen atoms in total. The Morgan fingerprint density at radius 3 is 2.38 bits per heavy atom. The number of imidazole rings is 1. The minimum Gasteiger partial charge on any atom is -0.478 e. The highest BCUT2D eigenvalue weighted by molar-refractivity contribution is 8.24. The van der Waals surface area contributed by atoms with Gasteiger partial charge in [-0.25, -0.2) is 9.78 Å². The predicted octanol–water partition coefficient (Wildman–Crippen LogP) is 5.47. The first-order chi connectivity index (χ1) is 16.3. The van der Waals surface area contributed by atoms with E-state index in [-0.39, 0.29) is 5.56 Å².